The number of aromatic hydroxyl groups is 1. The van der Waals surface area contributed by atoms with E-state index in [1.807, 2.05) is 36.4 Å². The van der Waals surface area contributed by atoms with Gasteiger partial charge < -0.3 is 10.4 Å². The second-order valence-electron chi connectivity index (χ2n) is 6.04. The van der Waals surface area contributed by atoms with Gasteiger partial charge in [-0.15, -0.1) is 0 Å². The summed E-state index contributed by atoms with van der Waals surface area (Å²) in [7, 11) is 0. The Balaban J connectivity index is 1.82. The monoisotopic (exact) mass is 332 g/mol. The van der Waals surface area contributed by atoms with Gasteiger partial charge in [-0.25, -0.2) is 4.39 Å². The van der Waals surface area contributed by atoms with Crippen LogP contribution in [0.2, 0.25) is 0 Å². The first kappa shape index (κ1) is 15.4. The lowest BCUT2D eigenvalue weighted by molar-refractivity contribution is 0.464. The number of hydrogen-bond donors (Lipinski definition) is 2. The molecule has 1 aliphatic rings. The number of halogens is 1. The highest BCUT2D eigenvalue weighted by atomic mass is 19.1. The van der Waals surface area contributed by atoms with E-state index in [9.17, 15) is 9.50 Å². The van der Waals surface area contributed by atoms with Crippen LogP contribution in [0.25, 0.3) is 0 Å². The van der Waals surface area contributed by atoms with Gasteiger partial charge in [0.2, 0.25) is 0 Å². The molecule has 0 radical (unpaired) electrons. The first-order valence-electron chi connectivity index (χ1n) is 8.18. The number of anilines is 1. The van der Waals surface area contributed by atoms with Crippen molar-refractivity contribution in [2.45, 2.75) is 12.5 Å². The van der Waals surface area contributed by atoms with Crippen molar-refractivity contribution in [3.8, 4) is 5.75 Å². The van der Waals surface area contributed by atoms with Gasteiger partial charge in [0, 0.05) is 12.0 Å². The van der Waals surface area contributed by atoms with Gasteiger partial charge in [0.05, 0.1) is 23.1 Å². The minimum atomic E-state index is -0.270. The fourth-order valence-electron chi connectivity index (χ4n) is 3.11. The fourth-order valence-corrected chi connectivity index (χ4v) is 3.11. The second kappa shape index (κ2) is 6.40. The number of hydrogen-bond acceptors (Lipinski definition) is 3. The van der Waals surface area contributed by atoms with Gasteiger partial charge in [0.25, 0.3) is 0 Å². The maximum Gasteiger partial charge on any atom is 0.123 e. The molecule has 1 heterocycles. The van der Waals surface area contributed by atoms with E-state index in [0.29, 0.717) is 6.42 Å². The molecule has 3 aromatic rings. The maximum absolute atomic E-state index is 13.3. The van der Waals surface area contributed by atoms with Crippen LogP contribution < -0.4 is 5.32 Å². The first-order valence-corrected chi connectivity index (χ1v) is 8.18. The summed E-state index contributed by atoms with van der Waals surface area (Å²) in [5.41, 5.74) is 4.28. The van der Waals surface area contributed by atoms with Gasteiger partial charge in [0.1, 0.15) is 11.6 Å². The molecule has 0 spiro atoms. The molecule has 0 saturated heterocycles. The minimum absolute atomic E-state index is 0.131. The van der Waals surface area contributed by atoms with E-state index in [0.717, 1.165) is 28.2 Å². The van der Waals surface area contributed by atoms with Crippen molar-refractivity contribution < 1.29 is 9.50 Å². The quantitative estimate of drug-likeness (QED) is 0.677. The average molecular weight is 332 g/mol. The minimum Gasteiger partial charge on any atom is -0.508 e. The Morgan fingerprint density at radius 2 is 1.64 bits per heavy atom. The van der Waals surface area contributed by atoms with Crippen LogP contribution in [-0.2, 0) is 0 Å². The highest BCUT2D eigenvalue weighted by Gasteiger charge is 2.22. The van der Waals surface area contributed by atoms with Crippen LogP contribution in [-0.4, -0.2) is 10.8 Å². The average Bonchev–Trinajstić information content (AvgIpc) is 2.82. The van der Waals surface area contributed by atoms with E-state index in [-0.39, 0.29) is 17.6 Å². The molecule has 2 N–H and O–H groups in total. The topological polar surface area (TPSA) is 44.6 Å². The molecule has 1 unspecified atom stereocenters. The summed E-state index contributed by atoms with van der Waals surface area (Å²) in [5, 5.41) is 13.7. The van der Waals surface area contributed by atoms with Crippen LogP contribution in [0.4, 0.5) is 15.8 Å². The number of fused-ring (bicyclic) bond motifs is 1. The van der Waals surface area contributed by atoms with Crippen LogP contribution in [0, 0.1) is 5.82 Å². The second-order valence-corrected chi connectivity index (χ2v) is 6.04. The lowest BCUT2D eigenvalue weighted by Crippen LogP contribution is -2.14. The molecule has 25 heavy (non-hydrogen) atoms. The predicted molar refractivity (Wildman–Crippen MR) is 98.1 cm³/mol. The molecule has 1 atom stereocenters. The summed E-state index contributed by atoms with van der Waals surface area (Å²) in [6.07, 6.45) is 0.581. The standard InChI is InChI=1S/C21H17FN2O/c22-15-11-9-14(10-12-15)19-13-20(16-5-1-4-8-21(16)25)24-18-7-3-2-6-17(18)23-19/h1-12,20,24-25H,13H2. The Morgan fingerprint density at radius 1 is 0.920 bits per heavy atom. The van der Waals surface area contributed by atoms with Crippen LogP contribution in [0.5, 0.6) is 5.75 Å². The van der Waals surface area contributed by atoms with Crippen molar-refractivity contribution in [2.24, 2.45) is 4.99 Å². The van der Waals surface area contributed by atoms with E-state index in [1.54, 1.807) is 24.3 Å². The molecule has 0 bridgehead atoms. The van der Waals surface area contributed by atoms with Crippen LogP contribution in [0.15, 0.2) is 77.8 Å². The van der Waals surface area contributed by atoms with Crippen molar-refractivity contribution in [1.29, 1.82) is 0 Å². The van der Waals surface area contributed by atoms with Gasteiger partial charge in [-0.3, -0.25) is 4.99 Å². The smallest absolute Gasteiger partial charge is 0.123 e. The van der Waals surface area contributed by atoms with Crippen molar-refractivity contribution in [1.82, 2.24) is 0 Å². The first-order chi connectivity index (χ1) is 12.2. The summed E-state index contributed by atoms with van der Waals surface area (Å²) >= 11 is 0. The van der Waals surface area contributed by atoms with Crippen molar-refractivity contribution >= 4 is 17.1 Å². The number of para-hydroxylation sites is 3. The van der Waals surface area contributed by atoms with Gasteiger partial charge in [-0.2, -0.15) is 0 Å². The Bertz CT molecular complexity index is 935. The molecule has 4 heteroatoms. The maximum atomic E-state index is 13.3. The summed E-state index contributed by atoms with van der Waals surface area (Å²) in [4.78, 5) is 4.79. The molecule has 124 valence electrons. The number of nitrogens with zero attached hydrogens (tertiary/aromatic N) is 1. The SMILES string of the molecule is Oc1ccccc1C1CC(c2ccc(F)cc2)=Nc2ccccc2N1. The lowest BCUT2D eigenvalue weighted by Gasteiger charge is -2.20. The predicted octanol–water partition coefficient (Wildman–Crippen LogP) is 5.21. The lowest BCUT2D eigenvalue weighted by atomic mass is 9.96. The molecule has 0 amide bonds. The number of nitrogens with one attached hydrogen (secondary N) is 1. The van der Waals surface area contributed by atoms with Crippen molar-refractivity contribution in [3.63, 3.8) is 0 Å². The molecule has 4 rings (SSSR count). The number of rotatable bonds is 2. The number of benzene rings is 3. The molecule has 0 aliphatic carbocycles. The van der Waals surface area contributed by atoms with E-state index in [1.165, 1.54) is 12.1 Å². The zero-order valence-corrected chi connectivity index (χ0v) is 13.5. The zero-order chi connectivity index (χ0) is 17.2. The molecule has 3 aromatic carbocycles. The summed E-state index contributed by atoms with van der Waals surface area (Å²) < 4.78 is 13.3. The van der Waals surface area contributed by atoms with E-state index in [4.69, 9.17) is 4.99 Å². The summed E-state index contributed by atoms with van der Waals surface area (Å²) in [5.74, 6) is -0.0217. The van der Waals surface area contributed by atoms with Crippen LogP contribution in [0.3, 0.4) is 0 Å². The van der Waals surface area contributed by atoms with Gasteiger partial charge >= 0.3 is 0 Å². The molecule has 0 aromatic heterocycles. The molecular formula is C21H17FN2O. The van der Waals surface area contributed by atoms with Crippen LogP contribution in [0.1, 0.15) is 23.6 Å². The normalized spacial score (nSPS) is 16.4. The number of phenolic OH excluding ortho intramolecular Hbond substituents is 1. The molecule has 0 saturated carbocycles. The highest BCUT2D eigenvalue weighted by molar-refractivity contribution is 6.04. The molecule has 1 aliphatic heterocycles. The third kappa shape index (κ3) is 3.11. The third-order valence-corrected chi connectivity index (χ3v) is 4.38. The Kier molecular flexibility index (Phi) is 3.94. The largest absolute Gasteiger partial charge is 0.508 e. The Hall–Kier alpha value is -3.14. The summed E-state index contributed by atoms with van der Waals surface area (Å²) in [6, 6.07) is 21.3. The number of phenols is 1. The molecular weight excluding hydrogens is 315 g/mol. The fraction of sp³-hybridized carbons (Fsp3) is 0.0952. The molecule has 0 fully saturated rings. The van der Waals surface area contributed by atoms with Gasteiger partial charge in [-0.1, -0.05) is 42.5 Å². The number of aliphatic imine (C=N–C) groups is 1. The van der Waals surface area contributed by atoms with Crippen molar-refractivity contribution in [2.75, 3.05) is 5.32 Å². The van der Waals surface area contributed by atoms with E-state index in [2.05, 4.69) is 5.32 Å². The van der Waals surface area contributed by atoms with E-state index >= 15 is 0 Å². The van der Waals surface area contributed by atoms with E-state index < -0.39 is 0 Å². The Labute approximate surface area is 145 Å². The molecule has 3 nitrogen and oxygen atoms in total. The van der Waals surface area contributed by atoms with Crippen molar-refractivity contribution in [3.05, 3.63) is 89.7 Å². The van der Waals surface area contributed by atoms with Gasteiger partial charge in [0.15, 0.2) is 0 Å². The zero-order valence-electron chi connectivity index (χ0n) is 13.5. The van der Waals surface area contributed by atoms with Crippen LogP contribution >= 0.6 is 0 Å². The summed E-state index contributed by atoms with van der Waals surface area (Å²) in [6.45, 7) is 0. The van der Waals surface area contributed by atoms with Gasteiger partial charge in [-0.05, 0) is 35.9 Å². The Morgan fingerprint density at radius 3 is 2.44 bits per heavy atom. The highest BCUT2D eigenvalue weighted by Crippen LogP contribution is 2.37. The third-order valence-electron chi connectivity index (χ3n) is 4.38.